The second kappa shape index (κ2) is 5.03. The molecule has 1 aromatic carbocycles. The van der Waals surface area contributed by atoms with Crippen LogP contribution in [0, 0.1) is 11.2 Å². The maximum absolute atomic E-state index is 13.4. The molecular formula is C12H14FNO4. The fraction of sp³-hybridized carbons (Fsp3) is 0.333. The van der Waals surface area contributed by atoms with Crippen molar-refractivity contribution in [2.45, 2.75) is 13.3 Å². The summed E-state index contributed by atoms with van der Waals surface area (Å²) in [5, 5.41) is 9.02. The van der Waals surface area contributed by atoms with Gasteiger partial charge in [0.15, 0.2) is 11.6 Å². The molecule has 0 aliphatic rings. The average Bonchev–Trinajstić information content (AvgIpc) is 2.28. The van der Waals surface area contributed by atoms with E-state index in [1.807, 2.05) is 0 Å². The number of amides is 1. The van der Waals surface area contributed by atoms with Gasteiger partial charge in [-0.2, -0.15) is 0 Å². The summed E-state index contributed by atoms with van der Waals surface area (Å²) in [7, 11) is 1.32. The molecule has 1 amide bonds. The highest BCUT2D eigenvalue weighted by molar-refractivity contribution is 6.00. The van der Waals surface area contributed by atoms with E-state index in [1.165, 1.54) is 26.2 Å². The lowest BCUT2D eigenvalue weighted by molar-refractivity contribution is -0.153. The molecule has 0 saturated carbocycles. The Hall–Kier alpha value is -2.11. The molecular weight excluding hydrogens is 241 g/mol. The SMILES string of the molecule is COc1ccc(CC(C)(C(N)=O)C(=O)O)cc1F. The van der Waals surface area contributed by atoms with E-state index < -0.39 is 23.1 Å². The molecule has 0 aliphatic heterocycles. The number of primary amides is 1. The molecule has 98 valence electrons. The third-order valence-corrected chi connectivity index (χ3v) is 2.79. The summed E-state index contributed by atoms with van der Waals surface area (Å²) in [5.74, 6) is -2.88. The number of hydrogen-bond acceptors (Lipinski definition) is 3. The molecule has 5 nitrogen and oxygen atoms in total. The van der Waals surface area contributed by atoms with E-state index in [9.17, 15) is 14.0 Å². The highest BCUT2D eigenvalue weighted by Gasteiger charge is 2.39. The van der Waals surface area contributed by atoms with Gasteiger partial charge in [-0.15, -0.1) is 0 Å². The number of rotatable bonds is 5. The second-order valence-electron chi connectivity index (χ2n) is 4.15. The van der Waals surface area contributed by atoms with Crippen LogP contribution in [0.3, 0.4) is 0 Å². The number of ether oxygens (including phenoxy) is 1. The van der Waals surface area contributed by atoms with Crippen molar-refractivity contribution in [2.24, 2.45) is 11.1 Å². The quantitative estimate of drug-likeness (QED) is 0.766. The van der Waals surface area contributed by atoms with Crippen LogP contribution in [0.2, 0.25) is 0 Å². The molecule has 0 spiro atoms. The van der Waals surface area contributed by atoms with E-state index in [4.69, 9.17) is 15.6 Å². The van der Waals surface area contributed by atoms with Crippen molar-refractivity contribution in [3.8, 4) is 5.75 Å². The van der Waals surface area contributed by atoms with Gasteiger partial charge in [0.05, 0.1) is 7.11 Å². The van der Waals surface area contributed by atoms with Crippen LogP contribution in [0.5, 0.6) is 5.75 Å². The van der Waals surface area contributed by atoms with Crippen molar-refractivity contribution in [2.75, 3.05) is 7.11 Å². The number of carboxylic acid groups (broad SMARTS) is 1. The van der Waals surface area contributed by atoms with Gasteiger partial charge in [0, 0.05) is 0 Å². The fourth-order valence-corrected chi connectivity index (χ4v) is 1.50. The highest BCUT2D eigenvalue weighted by atomic mass is 19.1. The van der Waals surface area contributed by atoms with E-state index in [2.05, 4.69) is 0 Å². The molecule has 0 aromatic heterocycles. The van der Waals surface area contributed by atoms with Gasteiger partial charge in [-0.25, -0.2) is 4.39 Å². The first kappa shape index (κ1) is 14.0. The molecule has 1 unspecified atom stereocenters. The van der Waals surface area contributed by atoms with E-state index >= 15 is 0 Å². The van der Waals surface area contributed by atoms with Crippen molar-refractivity contribution >= 4 is 11.9 Å². The topological polar surface area (TPSA) is 89.6 Å². The minimum Gasteiger partial charge on any atom is -0.494 e. The summed E-state index contributed by atoms with van der Waals surface area (Å²) >= 11 is 0. The third-order valence-electron chi connectivity index (χ3n) is 2.79. The zero-order valence-corrected chi connectivity index (χ0v) is 10.1. The molecule has 0 bridgehead atoms. The number of hydrogen-bond donors (Lipinski definition) is 2. The Morgan fingerprint density at radius 2 is 2.11 bits per heavy atom. The van der Waals surface area contributed by atoms with Crippen LogP contribution in [-0.4, -0.2) is 24.1 Å². The van der Waals surface area contributed by atoms with Crippen molar-refractivity contribution in [3.63, 3.8) is 0 Å². The van der Waals surface area contributed by atoms with E-state index in [0.717, 1.165) is 6.07 Å². The Kier molecular flexibility index (Phi) is 3.90. The Balaban J connectivity index is 3.06. The lowest BCUT2D eigenvalue weighted by Crippen LogP contribution is -2.43. The Morgan fingerprint density at radius 3 is 2.50 bits per heavy atom. The van der Waals surface area contributed by atoms with Crippen LogP contribution in [0.15, 0.2) is 18.2 Å². The van der Waals surface area contributed by atoms with Gasteiger partial charge < -0.3 is 15.6 Å². The van der Waals surface area contributed by atoms with Gasteiger partial charge in [-0.3, -0.25) is 9.59 Å². The van der Waals surface area contributed by atoms with Crippen LogP contribution < -0.4 is 10.5 Å². The predicted octanol–water partition coefficient (Wildman–Crippen LogP) is 0.953. The third kappa shape index (κ3) is 2.58. The summed E-state index contributed by atoms with van der Waals surface area (Å²) in [6.45, 7) is 1.21. The Bertz CT molecular complexity index is 473. The summed E-state index contributed by atoms with van der Waals surface area (Å²) < 4.78 is 18.2. The smallest absolute Gasteiger partial charge is 0.319 e. The van der Waals surface area contributed by atoms with E-state index in [-0.39, 0.29) is 12.2 Å². The minimum atomic E-state index is -1.76. The lowest BCUT2D eigenvalue weighted by Gasteiger charge is -2.20. The number of aliphatic carboxylic acids is 1. The normalized spacial score (nSPS) is 13.7. The number of carbonyl (C=O) groups is 2. The van der Waals surface area contributed by atoms with Gasteiger partial charge in [0.2, 0.25) is 5.91 Å². The van der Waals surface area contributed by atoms with E-state index in [1.54, 1.807) is 0 Å². The van der Waals surface area contributed by atoms with E-state index in [0.29, 0.717) is 5.56 Å². The molecule has 0 aliphatic carbocycles. The second-order valence-corrected chi connectivity index (χ2v) is 4.15. The van der Waals surface area contributed by atoms with Crippen LogP contribution in [0.1, 0.15) is 12.5 Å². The number of halogens is 1. The minimum absolute atomic E-state index is 0.0508. The molecule has 1 rings (SSSR count). The van der Waals surface area contributed by atoms with Gasteiger partial charge in [-0.05, 0) is 31.0 Å². The maximum atomic E-state index is 13.4. The van der Waals surface area contributed by atoms with Crippen molar-refractivity contribution in [1.82, 2.24) is 0 Å². The van der Waals surface area contributed by atoms with Crippen molar-refractivity contribution in [1.29, 1.82) is 0 Å². The van der Waals surface area contributed by atoms with Crippen LogP contribution in [0.4, 0.5) is 4.39 Å². The molecule has 0 radical (unpaired) electrons. The number of methoxy groups -OCH3 is 1. The first-order valence-corrected chi connectivity index (χ1v) is 5.17. The first-order valence-electron chi connectivity index (χ1n) is 5.17. The van der Waals surface area contributed by atoms with Gasteiger partial charge in [-0.1, -0.05) is 6.07 Å². The monoisotopic (exact) mass is 255 g/mol. The van der Waals surface area contributed by atoms with Crippen LogP contribution >= 0.6 is 0 Å². The molecule has 18 heavy (non-hydrogen) atoms. The number of benzene rings is 1. The average molecular weight is 255 g/mol. The van der Waals surface area contributed by atoms with Gasteiger partial charge >= 0.3 is 5.97 Å². The molecule has 0 heterocycles. The lowest BCUT2D eigenvalue weighted by atomic mass is 9.83. The summed E-state index contributed by atoms with van der Waals surface area (Å²) in [6.07, 6.45) is -0.182. The van der Waals surface area contributed by atoms with Crippen molar-refractivity contribution in [3.05, 3.63) is 29.6 Å². The van der Waals surface area contributed by atoms with Crippen LogP contribution in [-0.2, 0) is 16.0 Å². The largest absolute Gasteiger partial charge is 0.494 e. The predicted molar refractivity (Wildman–Crippen MR) is 61.6 cm³/mol. The summed E-state index contributed by atoms with van der Waals surface area (Å²) in [5.41, 5.74) is 3.67. The van der Waals surface area contributed by atoms with Gasteiger partial charge in [0.25, 0.3) is 0 Å². The standard InChI is InChI=1S/C12H14FNO4/c1-12(10(14)15,11(16)17)6-7-3-4-9(18-2)8(13)5-7/h3-5H,6H2,1-2H3,(H2,14,15)(H,16,17). The first-order chi connectivity index (χ1) is 8.31. The number of carbonyl (C=O) groups excluding carboxylic acids is 1. The molecule has 1 atom stereocenters. The highest BCUT2D eigenvalue weighted by Crippen LogP contribution is 2.25. The molecule has 6 heteroatoms. The van der Waals surface area contributed by atoms with Gasteiger partial charge in [0.1, 0.15) is 5.41 Å². The van der Waals surface area contributed by atoms with Crippen LogP contribution in [0.25, 0.3) is 0 Å². The molecule has 0 fully saturated rings. The zero-order valence-electron chi connectivity index (χ0n) is 10.1. The molecule has 0 saturated heterocycles. The summed E-state index contributed by atoms with van der Waals surface area (Å²) in [6, 6.07) is 3.99. The molecule has 3 N–H and O–H groups in total. The van der Waals surface area contributed by atoms with Crippen molar-refractivity contribution < 1.29 is 23.8 Å². The number of nitrogens with two attached hydrogens (primary N) is 1. The Labute approximate surface area is 103 Å². The Morgan fingerprint density at radius 1 is 1.50 bits per heavy atom. The molecule has 1 aromatic rings. The fourth-order valence-electron chi connectivity index (χ4n) is 1.50. The zero-order chi connectivity index (χ0) is 13.9. The summed E-state index contributed by atoms with van der Waals surface area (Å²) in [4.78, 5) is 22.3. The maximum Gasteiger partial charge on any atom is 0.319 e. The number of carboxylic acids is 1.